The van der Waals surface area contributed by atoms with Gasteiger partial charge in [0.15, 0.2) is 6.10 Å². The number of nitrogens with zero attached hydrogens (tertiary/aromatic N) is 1. The molecule has 3 heterocycles. The van der Waals surface area contributed by atoms with Crippen LogP contribution in [-0.4, -0.2) is 48.2 Å². The minimum atomic E-state index is -0.908. The van der Waals surface area contributed by atoms with Gasteiger partial charge in [0.25, 0.3) is 5.91 Å². The summed E-state index contributed by atoms with van der Waals surface area (Å²) in [6.45, 7) is 5.95. The number of anilines is 1. The Hall–Kier alpha value is -2.67. The van der Waals surface area contributed by atoms with Crippen molar-refractivity contribution >= 4 is 23.5 Å². The molecule has 32 heavy (non-hydrogen) atoms. The van der Waals surface area contributed by atoms with Crippen LogP contribution in [0.5, 0.6) is 0 Å². The van der Waals surface area contributed by atoms with Gasteiger partial charge in [0, 0.05) is 11.7 Å². The molecule has 1 aliphatic carbocycles. The lowest BCUT2D eigenvalue weighted by molar-refractivity contribution is -0.161. The quantitative estimate of drug-likeness (QED) is 0.564. The molecule has 4 aliphatic rings. The van der Waals surface area contributed by atoms with Gasteiger partial charge in [-0.1, -0.05) is 31.1 Å². The zero-order valence-corrected chi connectivity index (χ0v) is 18.8. The second kappa shape index (κ2) is 7.73. The molecule has 1 spiro atoms. The van der Waals surface area contributed by atoms with Crippen molar-refractivity contribution in [3.63, 3.8) is 0 Å². The summed E-state index contributed by atoms with van der Waals surface area (Å²) < 4.78 is 11.7. The van der Waals surface area contributed by atoms with Gasteiger partial charge in [0.05, 0.1) is 18.6 Å². The van der Waals surface area contributed by atoms with Gasteiger partial charge < -0.3 is 19.7 Å². The molecular formula is C25H30N2O5. The fourth-order valence-corrected chi connectivity index (χ4v) is 5.79. The predicted molar refractivity (Wildman–Crippen MR) is 118 cm³/mol. The van der Waals surface area contributed by atoms with Crippen LogP contribution in [0.15, 0.2) is 30.4 Å². The number of aryl methyl sites for hydroxylation is 2. The van der Waals surface area contributed by atoms with E-state index >= 15 is 0 Å². The normalized spacial score (nSPS) is 31.8. The second-order valence-electron chi connectivity index (χ2n) is 9.74. The average Bonchev–Trinajstić information content (AvgIpc) is 3.49. The van der Waals surface area contributed by atoms with Crippen LogP contribution in [0.1, 0.15) is 43.7 Å². The van der Waals surface area contributed by atoms with Crippen LogP contribution < -0.4 is 10.2 Å². The summed E-state index contributed by atoms with van der Waals surface area (Å²) in [5, 5.41) is 2.96. The van der Waals surface area contributed by atoms with E-state index in [4.69, 9.17) is 9.47 Å². The highest BCUT2D eigenvalue weighted by Gasteiger charge is 2.67. The fourth-order valence-electron chi connectivity index (χ4n) is 5.79. The van der Waals surface area contributed by atoms with E-state index in [-0.39, 0.29) is 17.9 Å². The summed E-state index contributed by atoms with van der Waals surface area (Å²) >= 11 is 0. The van der Waals surface area contributed by atoms with Crippen molar-refractivity contribution in [2.45, 2.75) is 70.3 Å². The summed E-state index contributed by atoms with van der Waals surface area (Å²) in [5.74, 6) is -2.35. The minimum Gasteiger partial charge on any atom is -0.452 e. The number of hydrogen-bond donors (Lipinski definition) is 1. The molecule has 7 heteroatoms. The third kappa shape index (κ3) is 3.43. The maximum absolute atomic E-state index is 13.5. The Morgan fingerprint density at radius 3 is 2.56 bits per heavy atom. The zero-order chi connectivity index (χ0) is 22.6. The summed E-state index contributed by atoms with van der Waals surface area (Å²) in [7, 11) is 0. The van der Waals surface area contributed by atoms with E-state index in [0.717, 1.165) is 42.5 Å². The van der Waals surface area contributed by atoms with E-state index in [1.807, 2.05) is 38.1 Å². The molecule has 1 aromatic rings. The standard InChI is InChI=1S/C25H30N2O5/c1-14-10-15(2)12-18(11-14)27-13-25-9-8-19(32-25)20(21(25)23(27)29)24(30)31-16(3)22(28)26-17-6-4-5-7-17/h8-12,16-17,19-21H,4-7,13H2,1-3H3,(H,26,28)/t16-,19-,20-,21+,25-/m0/s1. The van der Waals surface area contributed by atoms with E-state index in [1.54, 1.807) is 11.8 Å². The predicted octanol–water partition coefficient (Wildman–Crippen LogP) is 2.58. The topological polar surface area (TPSA) is 84.9 Å². The monoisotopic (exact) mass is 438 g/mol. The second-order valence-corrected chi connectivity index (χ2v) is 9.74. The first-order valence-electron chi connectivity index (χ1n) is 11.6. The number of esters is 1. The fraction of sp³-hybridized carbons (Fsp3) is 0.560. The van der Waals surface area contributed by atoms with Gasteiger partial charge in [0.1, 0.15) is 11.5 Å². The number of ether oxygens (including phenoxy) is 2. The Labute approximate surface area is 188 Å². The first-order valence-corrected chi connectivity index (χ1v) is 11.6. The molecular weight excluding hydrogens is 408 g/mol. The molecule has 7 nitrogen and oxygen atoms in total. The molecule has 0 radical (unpaired) electrons. The smallest absolute Gasteiger partial charge is 0.313 e. The maximum atomic E-state index is 13.5. The molecule has 1 N–H and O–H groups in total. The summed E-state index contributed by atoms with van der Waals surface area (Å²) in [4.78, 5) is 40.8. The van der Waals surface area contributed by atoms with Crippen molar-refractivity contribution in [2.75, 3.05) is 11.4 Å². The molecule has 3 aliphatic heterocycles. The lowest BCUT2D eigenvalue weighted by Gasteiger charge is -2.24. The number of carbonyl (C=O) groups is 3. The van der Waals surface area contributed by atoms with Crippen molar-refractivity contribution in [3.8, 4) is 0 Å². The Bertz CT molecular complexity index is 978. The number of nitrogens with one attached hydrogen (secondary N) is 1. The summed E-state index contributed by atoms with van der Waals surface area (Å²) in [5.41, 5.74) is 2.13. The van der Waals surface area contributed by atoms with Crippen LogP contribution in [0.4, 0.5) is 5.69 Å². The first kappa shape index (κ1) is 21.2. The third-order valence-corrected chi connectivity index (χ3v) is 7.25. The van der Waals surface area contributed by atoms with Gasteiger partial charge in [-0.15, -0.1) is 0 Å². The van der Waals surface area contributed by atoms with Crippen LogP contribution in [0.2, 0.25) is 0 Å². The third-order valence-electron chi connectivity index (χ3n) is 7.25. The number of hydrogen-bond acceptors (Lipinski definition) is 5. The number of benzene rings is 1. The van der Waals surface area contributed by atoms with Gasteiger partial charge in [-0.25, -0.2) is 0 Å². The highest BCUT2D eigenvalue weighted by atomic mass is 16.6. The molecule has 5 atom stereocenters. The van der Waals surface area contributed by atoms with Gasteiger partial charge >= 0.3 is 5.97 Å². The Morgan fingerprint density at radius 2 is 1.88 bits per heavy atom. The molecule has 1 saturated carbocycles. The van der Waals surface area contributed by atoms with Crippen LogP contribution in [-0.2, 0) is 23.9 Å². The Morgan fingerprint density at radius 1 is 1.19 bits per heavy atom. The Balaban J connectivity index is 1.32. The van der Waals surface area contributed by atoms with Gasteiger partial charge in [-0.05, 0) is 56.9 Å². The molecule has 170 valence electrons. The zero-order valence-electron chi connectivity index (χ0n) is 18.8. The van der Waals surface area contributed by atoms with Crippen molar-refractivity contribution in [2.24, 2.45) is 11.8 Å². The summed E-state index contributed by atoms with van der Waals surface area (Å²) in [6, 6.07) is 6.16. The SMILES string of the molecule is Cc1cc(C)cc(N2C[C@]34C=C[C@H](O3)[C@H](C(=O)O[C@@H](C)C(=O)NC3CCCC3)[C@@H]4C2=O)c1. The lowest BCUT2D eigenvalue weighted by atomic mass is 9.77. The highest BCUT2D eigenvalue weighted by molar-refractivity contribution is 6.03. The van der Waals surface area contributed by atoms with Gasteiger partial charge in [-0.2, -0.15) is 0 Å². The molecule has 2 bridgehead atoms. The number of fused-ring (bicyclic) bond motifs is 1. The largest absolute Gasteiger partial charge is 0.452 e. The molecule has 2 saturated heterocycles. The number of rotatable bonds is 5. The molecule has 0 unspecified atom stereocenters. The van der Waals surface area contributed by atoms with Crippen LogP contribution in [0.3, 0.4) is 0 Å². The minimum absolute atomic E-state index is 0.133. The molecule has 1 aromatic carbocycles. The number of carbonyl (C=O) groups excluding carboxylic acids is 3. The van der Waals surface area contributed by atoms with Gasteiger partial charge in [-0.3, -0.25) is 14.4 Å². The van der Waals surface area contributed by atoms with E-state index in [1.165, 1.54) is 0 Å². The molecule has 5 rings (SSSR count). The van der Waals surface area contributed by atoms with Crippen LogP contribution >= 0.6 is 0 Å². The van der Waals surface area contributed by atoms with E-state index in [0.29, 0.717) is 6.54 Å². The van der Waals surface area contributed by atoms with Crippen molar-refractivity contribution in [1.29, 1.82) is 0 Å². The van der Waals surface area contributed by atoms with E-state index in [9.17, 15) is 14.4 Å². The summed E-state index contributed by atoms with van der Waals surface area (Å²) in [6.07, 6.45) is 6.50. The highest BCUT2D eigenvalue weighted by Crippen LogP contribution is 2.53. The van der Waals surface area contributed by atoms with Gasteiger partial charge in [0.2, 0.25) is 5.91 Å². The van der Waals surface area contributed by atoms with Crippen LogP contribution in [0.25, 0.3) is 0 Å². The van der Waals surface area contributed by atoms with Crippen molar-refractivity contribution in [1.82, 2.24) is 5.32 Å². The molecule has 2 amide bonds. The Kier molecular flexibility index (Phi) is 5.12. The number of amides is 2. The molecule has 3 fully saturated rings. The van der Waals surface area contributed by atoms with Crippen LogP contribution in [0, 0.1) is 25.7 Å². The first-order chi connectivity index (χ1) is 15.3. The van der Waals surface area contributed by atoms with Crippen molar-refractivity contribution < 1.29 is 23.9 Å². The van der Waals surface area contributed by atoms with Crippen molar-refractivity contribution in [3.05, 3.63) is 41.5 Å². The average molecular weight is 439 g/mol. The molecule has 0 aromatic heterocycles. The maximum Gasteiger partial charge on any atom is 0.313 e. The van der Waals surface area contributed by atoms with E-state index < -0.39 is 35.6 Å². The van der Waals surface area contributed by atoms with E-state index in [2.05, 4.69) is 11.4 Å². The lowest BCUT2D eigenvalue weighted by Crippen LogP contribution is -2.44.